The standard InChI is InChI=1S/C19H30N2O6/c1-17(2,23)14-5-8-19(4,26-14)15-6-7-18(3,27-15)13(22)9-12-10-16(20-11-12)21(24)25/h10-11,13-15,20,22-23H,5-9H2,1-4H3/t13-,14+,15?,18?,19?/m0/s1. The van der Waals surface area contributed by atoms with Crippen molar-refractivity contribution in [2.24, 2.45) is 0 Å². The lowest BCUT2D eigenvalue weighted by Gasteiger charge is -2.36. The van der Waals surface area contributed by atoms with Gasteiger partial charge in [0.15, 0.2) is 0 Å². The lowest BCUT2D eigenvalue weighted by atomic mass is 9.89. The van der Waals surface area contributed by atoms with Crippen molar-refractivity contribution in [2.45, 2.75) is 94.9 Å². The van der Waals surface area contributed by atoms with Gasteiger partial charge in [0.25, 0.3) is 0 Å². The Morgan fingerprint density at radius 1 is 1.37 bits per heavy atom. The molecule has 3 N–H and O–H groups in total. The molecular weight excluding hydrogens is 352 g/mol. The number of H-pyrrole nitrogens is 1. The fourth-order valence-electron chi connectivity index (χ4n) is 4.22. The molecule has 3 rings (SSSR count). The smallest absolute Gasteiger partial charge is 0.321 e. The Morgan fingerprint density at radius 2 is 2.07 bits per heavy atom. The lowest BCUT2D eigenvalue weighted by Crippen LogP contribution is -2.47. The van der Waals surface area contributed by atoms with Crippen LogP contribution in [0.4, 0.5) is 5.82 Å². The molecule has 2 aliphatic heterocycles. The summed E-state index contributed by atoms with van der Waals surface area (Å²) >= 11 is 0. The number of aromatic amines is 1. The fraction of sp³-hybridized carbons (Fsp3) is 0.789. The molecule has 3 unspecified atom stereocenters. The first-order valence-corrected chi connectivity index (χ1v) is 9.51. The van der Waals surface area contributed by atoms with Gasteiger partial charge >= 0.3 is 5.82 Å². The maximum absolute atomic E-state index is 10.8. The SMILES string of the molecule is CC1(C2CCC(C)([C@@H](O)Cc3c[nH]c([N+](=O)[O-])c3)O2)CC[C@H](C(C)(C)O)O1. The molecule has 27 heavy (non-hydrogen) atoms. The monoisotopic (exact) mass is 382 g/mol. The van der Waals surface area contributed by atoms with Gasteiger partial charge in [0.1, 0.15) is 0 Å². The maximum Gasteiger partial charge on any atom is 0.321 e. The zero-order valence-electron chi connectivity index (χ0n) is 16.4. The summed E-state index contributed by atoms with van der Waals surface area (Å²) in [5.74, 6) is -0.0860. The highest BCUT2D eigenvalue weighted by Gasteiger charge is 2.53. The number of aliphatic hydroxyl groups is 2. The third kappa shape index (κ3) is 4.03. The van der Waals surface area contributed by atoms with Gasteiger partial charge in [-0.2, -0.15) is 0 Å². The van der Waals surface area contributed by atoms with E-state index < -0.39 is 27.8 Å². The van der Waals surface area contributed by atoms with Crippen LogP contribution in [0.5, 0.6) is 0 Å². The van der Waals surface area contributed by atoms with Crippen LogP contribution in [0.1, 0.15) is 58.9 Å². The number of ether oxygens (including phenoxy) is 2. The van der Waals surface area contributed by atoms with Gasteiger partial charge in [-0.3, -0.25) is 0 Å². The third-order valence-electron chi connectivity index (χ3n) is 6.16. The number of nitrogens with zero attached hydrogens (tertiary/aromatic N) is 1. The predicted molar refractivity (Wildman–Crippen MR) is 98.5 cm³/mol. The van der Waals surface area contributed by atoms with Gasteiger partial charge in [-0.15, -0.1) is 0 Å². The molecule has 3 heterocycles. The van der Waals surface area contributed by atoms with E-state index in [9.17, 15) is 20.3 Å². The minimum absolute atomic E-state index is 0.0860. The van der Waals surface area contributed by atoms with E-state index in [4.69, 9.17) is 9.47 Å². The van der Waals surface area contributed by atoms with Gasteiger partial charge < -0.3 is 29.8 Å². The number of hydrogen-bond donors (Lipinski definition) is 3. The first-order chi connectivity index (χ1) is 12.4. The summed E-state index contributed by atoms with van der Waals surface area (Å²) in [6.45, 7) is 7.40. The molecule has 0 saturated carbocycles. The Balaban J connectivity index is 1.64. The van der Waals surface area contributed by atoms with Crippen LogP contribution >= 0.6 is 0 Å². The van der Waals surface area contributed by atoms with E-state index in [1.54, 1.807) is 20.0 Å². The average molecular weight is 382 g/mol. The van der Waals surface area contributed by atoms with Gasteiger partial charge in [0.05, 0.1) is 41.3 Å². The number of hydrogen-bond acceptors (Lipinski definition) is 6. The minimum Gasteiger partial charge on any atom is -0.390 e. The summed E-state index contributed by atoms with van der Waals surface area (Å²) in [6, 6.07) is 1.44. The number of nitro groups is 1. The van der Waals surface area contributed by atoms with Gasteiger partial charge in [0, 0.05) is 18.1 Å². The third-order valence-corrected chi connectivity index (χ3v) is 6.16. The first-order valence-electron chi connectivity index (χ1n) is 9.51. The van der Waals surface area contributed by atoms with Crippen LogP contribution in [0.3, 0.4) is 0 Å². The van der Waals surface area contributed by atoms with Crippen LogP contribution in [0.25, 0.3) is 0 Å². The molecule has 1 aromatic heterocycles. The van der Waals surface area contributed by atoms with Crippen molar-refractivity contribution in [2.75, 3.05) is 0 Å². The highest BCUT2D eigenvalue weighted by molar-refractivity contribution is 5.27. The number of aliphatic hydroxyl groups excluding tert-OH is 1. The summed E-state index contributed by atoms with van der Waals surface area (Å²) in [7, 11) is 0. The molecule has 0 amide bonds. The second-order valence-electron chi connectivity index (χ2n) is 8.94. The zero-order valence-corrected chi connectivity index (χ0v) is 16.4. The van der Waals surface area contributed by atoms with E-state index in [1.165, 1.54) is 6.07 Å². The van der Waals surface area contributed by atoms with Gasteiger partial charge in [-0.05, 0) is 58.3 Å². The highest BCUT2D eigenvalue weighted by Crippen LogP contribution is 2.46. The van der Waals surface area contributed by atoms with E-state index in [2.05, 4.69) is 4.98 Å². The lowest BCUT2D eigenvalue weighted by molar-refractivity contribution is -0.389. The van der Waals surface area contributed by atoms with Gasteiger partial charge in [0.2, 0.25) is 0 Å². The minimum atomic E-state index is -0.901. The highest BCUT2D eigenvalue weighted by atomic mass is 16.6. The summed E-state index contributed by atoms with van der Waals surface area (Å²) in [6.07, 6.45) is 3.65. The van der Waals surface area contributed by atoms with Gasteiger partial charge in [-0.1, -0.05) is 0 Å². The average Bonchev–Trinajstić information content (AvgIpc) is 3.26. The Morgan fingerprint density at radius 3 is 2.63 bits per heavy atom. The van der Waals surface area contributed by atoms with Crippen molar-refractivity contribution in [1.82, 2.24) is 4.98 Å². The van der Waals surface area contributed by atoms with Crippen LogP contribution in [0.2, 0.25) is 0 Å². The van der Waals surface area contributed by atoms with E-state index in [0.29, 0.717) is 12.0 Å². The molecular formula is C19H30N2O6. The molecule has 0 aromatic carbocycles. The summed E-state index contributed by atoms with van der Waals surface area (Å²) in [5.41, 5.74) is -1.46. The van der Waals surface area contributed by atoms with Crippen molar-refractivity contribution in [3.8, 4) is 0 Å². The van der Waals surface area contributed by atoms with Crippen molar-refractivity contribution in [3.63, 3.8) is 0 Å². The van der Waals surface area contributed by atoms with E-state index >= 15 is 0 Å². The van der Waals surface area contributed by atoms with Crippen molar-refractivity contribution in [3.05, 3.63) is 27.9 Å². The fourth-order valence-corrected chi connectivity index (χ4v) is 4.22. The van der Waals surface area contributed by atoms with E-state index in [1.807, 2.05) is 13.8 Å². The molecule has 0 aliphatic carbocycles. The molecule has 5 atom stereocenters. The topological polar surface area (TPSA) is 118 Å². The van der Waals surface area contributed by atoms with Crippen LogP contribution in [-0.2, 0) is 15.9 Å². The molecule has 0 bridgehead atoms. The van der Waals surface area contributed by atoms with Crippen molar-refractivity contribution < 1.29 is 24.6 Å². The maximum atomic E-state index is 10.8. The Labute approximate surface area is 159 Å². The van der Waals surface area contributed by atoms with E-state index in [-0.39, 0.29) is 24.4 Å². The quantitative estimate of drug-likeness (QED) is 0.514. The molecule has 152 valence electrons. The summed E-state index contributed by atoms with van der Waals surface area (Å²) in [4.78, 5) is 12.9. The second kappa shape index (κ2) is 6.84. The molecule has 8 heteroatoms. The Hall–Kier alpha value is -1.48. The van der Waals surface area contributed by atoms with Crippen molar-refractivity contribution in [1.29, 1.82) is 0 Å². The molecule has 2 aliphatic rings. The zero-order chi connectivity index (χ0) is 20.0. The Kier molecular flexibility index (Phi) is 5.14. The van der Waals surface area contributed by atoms with Crippen molar-refractivity contribution >= 4 is 5.82 Å². The van der Waals surface area contributed by atoms with Crippen LogP contribution in [0, 0.1) is 10.1 Å². The summed E-state index contributed by atoms with van der Waals surface area (Å²) in [5, 5.41) is 31.8. The Bertz CT molecular complexity index is 699. The number of nitrogens with one attached hydrogen (secondary N) is 1. The van der Waals surface area contributed by atoms with Crippen LogP contribution < -0.4 is 0 Å². The van der Waals surface area contributed by atoms with E-state index in [0.717, 1.165) is 19.3 Å². The first kappa shape index (κ1) is 20.3. The molecule has 1 aromatic rings. The molecule has 0 spiro atoms. The van der Waals surface area contributed by atoms with Crippen LogP contribution in [-0.4, -0.2) is 55.2 Å². The molecule has 2 saturated heterocycles. The number of aromatic nitrogens is 1. The van der Waals surface area contributed by atoms with Gasteiger partial charge in [-0.25, -0.2) is 4.98 Å². The molecule has 0 radical (unpaired) electrons. The molecule has 8 nitrogen and oxygen atoms in total. The van der Waals surface area contributed by atoms with Crippen LogP contribution in [0.15, 0.2) is 12.3 Å². The number of rotatable bonds is 6. The second-order valence-corrected chi connectivity index (χ2v) is 8.94. The predicted octanol–water partition coefficient (Wildman–Crippen LogP) is 2.47. The largest absolute Gasteiger partial charge is 0.390 e. The summed E-state index contributed by atoms with van der Waals surface area (Å²) < 4.78 is 12.5. The molecule has 2 fully saturated rings. The normalized spacial score (nSPS) is 35.5.